The van der Waals surface area contributed by atoms with E-state index in [0.717, 1.165) is 16.5 Å². The molecule has 28 nitrogen and oxygen atoms in total. The molecular weight excluding hydrogens is 934 g/mol. The number of nitrogens with zero attached hydrogens (tertiary/aromatic N) is 6. The summed E-state index contributed by atoms with van der Waals surface area (Å²) < 4.78 is 70.8. The molecule has 3 aromatic heterocycles. The summed E-state index contributed by atoms with van der Waals surface area (Å²) in [5.41, 5.74) is 10.6. The van der Waals surface area contributed by atoms with Gasteiger partial charge in [0.2, 0.25) is 0 Å². The van der Waals surface area contributed by atoms with Crippen LogP contribution in [0.1, 0.15) is 58.1 Å². The van der Waals surface area contributed by atoms with Crippen LogP contribution >= 0.6 is 15.6 Å². The Morgan fingerprint density at radius 1 is 0.970 bits per heavy atom. The summed E-state index contributed by atoms with van der Waals surface area (Å²) in [4.78, 5) is 97.4. The number of nitrogen functional groups attached to an aromatic ring is 2. The smallest absolute Gasteiger partial charge is 0.455 e. The van der Waals surface area contributed by atoms with Gasteiger partial charge in [-0.1, -0.05) is 30.3 Å². The van der Waals surface area contributed by atoms with Gasteiger partial charge in [-0.15, -0.1) is 0 Å². The molecule has 2 fully saturated rings. The highest BCUT2D eigenvalue weighted by Gasteiger charge is 2.50. The minimum atomic E-state index is -5.28. The SMILES string of the molecule is CC(C)(C)OC(=O)NC(CCCNC(=O)OCc1ccccc1)C(=O)O[C@H]1[C@@H](O)[C@H](n2cnc3c(N)ncnc32)O[C@H]1COP(=O)(O)O[C@H]1C[C@H](n2ccc(N)nc2=O)O[C@@H]1COP(=O)(O)O. The van der Waals surface area contributed by atoms with Gasteiger partial charge >= 0.3 is 39.5 Å². The number of alkyl carbamates (subject to hydrolysis) is 2. The van der Waals surface area contributed by atoms with Gasteiger partial charge in [0.15, 0.2) is 23.8 Å². The summed E-state index contributed by atoms with van der Waals surface area (Å²) in [6.07, 6.45) is -9.47. The maximum atomic E-state index is 14.0. The number of benzene rings is 1. The van der Waals surface area contributed by atoms with Crippen LogP contribution in [0.25, 0.3) is 11.2 Å². The minimum Gasteiger partial charge on any atom is -0.455 e. The predicted octanol–water partition coefficient (Wildman–Crippen LogP) is 0.917. The maximum Gasteiger partial charge on any atom is 0.472 e. The lowest BCUT2D eigenvalue weighted by molar-refractivity contribution is -0.159. The van der Waals surface area contributed by atoms with Crippen molar-refractivity contribution in [3.05, 3.63) is 71.3 Å². The summed E-state index contributed by atoms with van der Waals surface area (Å²) in [7, 11) is -10.4. The molecule has 0 radical (unpaired) electrons. The fourth-order valence-electron chi connectivity index (χ4n) is 6.79. The lowest BCUT2D eigenvalue weighted by atomic mass is 10.1. The lowest BCUT2D eigenvalue weighted by Gasteiger charge is -2.26. The van der Waals surface area contributed by atoms with E-state index in [1.165, 1.54) is 23.2 Å². The topological polar surface area (TPSA) is 395 Å². The van der Waals surface area contributed by atoms with Crippen molar-refractivity contribution in [2.75, 3.05) is 31.2 Å². The molecule has 6 rings (SSSR count). The van der Waals surface area contributed by atoms with Gasteiger partial charge in [0, 0.05) is 19.2 Å². The van der Waals surface area contributed by atoms with Gasteiger partial charge in [-0.25, -0.2) is 43.3 Å². The van der Waals surface area contributed by atoms with Crippen LogP contribution in [-0.4, -0.2) is 129 Å². The van der Waals surface area contributed by atoms with Gasteiger partial charge in [-0.3, -0.25) is 22.7 Å². The van der Waals surface area contributed by atoms with E-state index in [1.54, 1.807) is 45.0 Å². The number of aliphatic hydroxyl groups excluding tert-OH is 1. The van der Waals surface area contributed by atoms with E-state index < -0.39 is 107 Å². The third-order valence-corrected chi connectivity index (χ3v) is 11.3. The van der Waals surface area contributed by atoms with E-state index >= 15 is 0 Å². The molecule has 2 unspecified atom stereocenters. The Kier molecular flexibility index (Phi) is 16.3. The van der Waals surface area contributed by atoms with Crippen LogP contribution in [0.3, 0.4) is 0 Å². The number of rotatable bonds is 19. The molecule has 0 spiro atoms. The number of hydrogen-bond donors (Lipinski definition) is 8. The van der Waals surface area contributed by atoms with E-state index in [0.29, 0.717) is 0 Å². The number of ether oxygens (including phenoxy) is 5. The zero-order valence-corrected chi connectivity index (χ0v) is 37.8. The molecule has 67 heavy (non-hydrogen) atoms. The van der Waals surface area contributed by atoms with Crippen molar-refractivity contribution >= 4 is 56.6 Å². The maximum absolute atomic E-state index is 14.0. The molecule has 0 aliphatic carbocycles. The second-order valence-electron chi connectivity index (χ2n) is 16.0. The Morgan fingerprint density at radius 2 is 1.70 bits per heavy atom. The second kappa shape index (κ2) is 21.5. The van der Waals surface area contributed by atoms with E-state index in [1.807, 2.05) is 6.07 Å². The molecule has 2 saturated heterocycles. The van der Waals surface area contributed by atoms with Gasteiger partial charge in [-0.05, 0) is 45.2 Å². The summed E-state index contributed by atoms with van der Waals surface area (Å²) in [6, 6.07) is 8.73. The Balaban J connectivity index is 1.19. The summed E-state index contributed by atoms with van der Waals surface area (Å²) in [5, 5.41) is 16.7. The molecule has 10 N–H and O–H groups in total. The summed E-state index contributed by atoms with van der Waals surface area (Å²) >= 11 is 0. The number of nitrogens with one attached hydrogen (secondary N) is 2. The number of imidazole rings is 1. The van der Waals surface area contributed by atoms with Gasteiger partial charge in [0.25, 0.3) is 0 Å². The monoisotopic (exact) mass is 984 g/mol. The van der Waals surface area contributed by atoms with Crippen molar-refractivity contribution in [1.82, 2.24) is 39.7 Å². The van der Waals surface area contributed by atoms with Crippen molar-refractivity contribution in [3.63, 3.8) is 0 Å². The van der Waals surface area contributed by atoms with Crippen LogP contribution in [0.5, 0.6) is 0 Å². The zero-order valence-electron chi connectivity index (χ0n) is 36.0. The lowest BCUT2D eigenvalue weighted by Crippen LogP contribution is -2.48. The molecule has 2 aliphatic heterocycles. The first-order valence-electron chi connectivity index (χ1n) is 20.3. The number of amides is 2. The summed E-state index contributed by atoms with van der Waals surface area (Å²) in [5.74, 6) is -1.27. The van der Waals surface area contributed by atoms with Crippen molar-refractivity contribution in [3.8, 4) is 0 Å². The van der Waals surface area contributed by atoms with E-state index in [2.05, 4.69) is 35.1 Å². The summed E-state index contributed by atoms with van der Waals surface area (Å²) in [6.45, 7) is 2.95. The number of phosphoric ester groups is 2. The number of fused-ring (bicyclic) bond motifs is 1. The van der Waals surface area contributed by atoms with Crippen LogP contribution in [0.4, 0.5) is 21.2 Å². The number of nitrogens with two attached hydrogens (primary N) is 2. The molecule has 0 bridgehead atoms. The number of anilines is 2. The fourth-order valence-corrected chi connectivity index (χ4v) is 8.09. The zero-order chi connectivity index (χ0) is 48.7. The molecule has 4 aromatic rings. The van der Waals surface area contributed by atoms with Crippen LogP contribution in [-0.2, 0) is 57.8 Å². The molecule has 2 amide bonds. The quantitative estimate of drug-likeness (QED) is 0.0280. The predicted molar refractivity (Wildman–Crippen MR) is 227 cm³/mol. The number of aliphatic hydroxyl groups is 1. The first kappa shape index (κ1) is 50.8. The first-order valence-corrected chi connectivity index (χ1v) is 23.4. The molecule has 2 aliphatic rings. The van der Waals surface area contributed by atoms with Crippen molar-refractivity contribution in [2.45, 2.75) is 101 Å². The number of esters is 1. The minimum absolute atomic E-state index is 0.00177. The number of carbonyl (C=O) groups excluding carboxylic acids is 3. The van der Waals surface area contributed by atoms with Crippen LogP contribution in [0.15, 0.2) is 60.0 Å². The van der Waals surface area contributed by atoms with Crippen LogP contribution < -0.4 is 27.8 Å². The second-order valence-corrected chi connectivity index (χ2v) is 18.6. The van der Waals surface area contributed by atoms with E-state index in [9.17, 15) is 48.1 Å². The third kappa shape index (κ3) is 14.2. The largest absolute Gasteiger partial charge is 0.472 e. The molecular formula is C37H50N10O18P2. The van der Waals surface area contributed by atoms with Crippen LogP contribution in [0.2, 0.25) is 0 Å². The van der Waals surface area contributed by atoms with Crippen molar-refractivity contribution in [2.24, 2.45) is 0 Å². The first-order chi connectivity index (χ1) is 31.6. The molecule has 0 saturated carbocycles. The Morgan fingerprint density at radius 3 is 2.40 bits per heavy atom. The molecule has 5 heterocycles. The number of aromatic nitrogens is 6. The molecule has 366 valence electrons. The number of phosphoric acid groups is 2. The van der Waals surface area contributed by atoms with E-state index in [-0.39, 0.29) is 55.2 Å². The third-order valence-electron chi connectivity index (χ3n) is 9.77. The molecule has 1 aromatic carbocycles. The van der Waals surface area contributed by atoms with Crippen LogP contribution in [0, 0.1) is 0 Å². The Labute approximate surface area is 380 Å². The normalized spacial score (nSPS) is 23.3. The van der Waals surface area contributed by atoms with Gasteiger partial charge in [0.1, 0.15) is 66.6 Å². The van der Waals surface area contributed by atoms with Gasteiger partial charge in [-0.2, -0.15) is 4.98 Å². The highest BCUT2D eigenvalue weighted by atomic mass is 31.2. The van der Waals surface area contributed by atoms with Gasteiger partial charge in [0.05, 0.1) is 19.5 Å². The highest BCUT2D eigenvalue weighted by Crippen LogP contribution is 2.50. The van der Waals surface area contributed by atoms with Crippen molar-refractivity contribution in [1.29, 1.82) is 0 Å². The molecule has 9 atom stereocenters. The van der Waals surface area contributed by atoms with Crippen molar-refractivity contribution < 1.29 is 80.6 Å². The number of carbonyl (C=O) groups is 3. The van der Waals surface area contributed by atoms with E-state index in [4.69, 9.17) is 44.2 Å². The Hall–Kier alpha value is -5.64. The highest BCUT2D eigenvalue weighted by molar-refractivity contribution is 7.47. The fraction of sp³-hybridized carbons (Fsp3) is 0.514. The average molecular weight is 985 g/mol. The standard InChI is InChI=1S/C37H50N10O18P2/c1-37(2,3)64-36(52)44-21(10-7-12-40-35(51)58-15-20-8-5-4-6-9-20)33(49)63-29-24(62-32(28(29)48)47-19-43-27-30(39)41-18-42-31(27)47)17-60-67(56,57)65-22-14-26(46-13-11-25(38)45-34(46)50)61-23(22)16-59-66(53,54)55/h4-6,8-9,11,13,18-19,21-24,26,28-29,32,48H,7,10,12,14-17H2,1-3H3,(H,40,51)(H,44,52)(H,56,57)(H2,38,45,50)(H2,39,41,42)(H2,53,54,55)/t21?,22-,23+,24-,26+,28+,29+,32+/m0/s1. The number of hydrogen-bond acceptors (Lipinski definition) is 21. The molecule has 30 heteroatoms. The van der Waals surface area contributed by atoms with Gasteiger partial charge < -0.3 is 65.6 Å². The average Bonchev–Trinajstić information content (AvgIpc) is 3.94. The Bertz CT molecular complexity index is 2520.